The number of nitrogens with one attached hydrogen (secondary N) is 1. The summed E-state index contributed by atoms with van der Waals surface area (Å²) >= 11 is 15.6. The number of amidine groups is 2. The van der Waals surface area contributed by atoms with Gasteiger partial charge in [0.05, 0.1) is 18.8 Å². The molecular formula is C19H14Cl2N4S2. The molecule has 4 nitrogen and oxygen atoms in total. The molecule has 136 valence electrons. The SMILES string of the molecule is Clc1ccc2c(c1)CN1C(CSC3=NCc4cc(Cl)ccc4N3)=CSC1=N2. The minimum Gasteiger partial charge on any atom is -0.335 e. The molecule has 0 saturated carbocycles. The van der Waals surface area contributed by atoms with Gasteiger partial charge in [-0.1, -0.05) is 46.7 Å². The van der Waals surface area contributed by atoms with Gasteiger partial charge in [-0.05, 0) is 52.9 Å². The molecule has 0 spiro atoms. The maximum absolute atomic E-state index is 6.15. The van der Waals surface area contributed by atoms with Crippen molar-refractivity contribution in [3.63, 3.8) is 0 Å². The van der Waals surface area contributed by atoms with Crippen LogP contribution in [-0.4, -0.2) is 21.0 Å². The van der Waals surface area contributed by atoms with Crippen molar-refractivity contribution in [1.29, 1.82) is 0 Å². The molecule has 2 aromatic carbocycles. The summed E-state index contributed by atoms with van der Waals surface area (Å²) in [7, 11) is 0. The van der Waals surface area contributed by atoms with Crippen molar-refractivity contribution in [3.05, 3.63) is 68.7 Å². The number of rotatable bonds is 2. The lowest BCUT2D eigenvalue weighted by Gasteiger charge is -2.27. The first-order valence-corrected chi connectivity index (χ1v) is 11.0. The van der Waals surface area contributed by atoms with E-state index < -0.39 is 0 Å². The summed E-state index contributed by atoms with van der Waals surface area (Å²) in [5, 5.41) is 9.02. The van der Waals surface area contributed by atoms with Gasteiger partial charge in [-0.25, -0.2) is 4.99 Å². The molecule has 0 atom stereocenters. The van der Waals surface area contributed by atoms with E-state index in [0.717, 1.165) is 55.2 Å². The predicted molar refractivity (Wildman–Crippen MR) is 118 cm³/mol. The van der Waals surface area contributed by atoms with Gasteiger partial charge in [0.1, 0.15) is 0 Å². The highest BCUT2D eigenvalue weighted by Crippen LogP contribution is 2.38. The zero-order chi connectivity index (χ0) is 18.4. The van der Waals surface area contributed by atoms with Crippen LogP contribution in [0.1, 0.15) is 11.1 Å². The Morgan fingerprint density at radius 2 is 1.93 bits per heavy atom. The van der Waals surface area contributed by atoms with Gasteiger partial charge in [-0.15, -0.1) is 0 Å². The van der Waals surface area contributed by atoms with Crippen LogP contribution in [0.25, 0.3) is 0 Å². The molecule has 0 radical (unpaired) electrons. The van der Waals surface area contributed by atoms with Crippen LogP contribution in [0.15, 0.2) is 57.5 Å². The van der Waals surface area contributed by atoms with Crippen LogP contribution in [0.4, 0.5) is 11.4 Å². The number of aliphatic imine (C=N–C) groups is 2. The number of hydrogen-bond donors (Lipinski definition) is 1. The van der Waals surface area contributed by atoms with Crippen molar-refractivity contribution >= 4 is 68.4 Å². The molecule has 1 N–H and O–H groups in total. The monoisotopic (exact) mass is 432 g/mol. The van der Waals surface area contributed by atoms with Crippen molar-refractivity contribution in [3.8, 4) is 0 Å². The third-order valence-corrected chi connectivity index (χ3v) is 6.85. The fourth-order valence-electron chi connectivity index (χ4n) is 3.15. The number of anilines is 1. The zero-order valence-electron chi connectivity index (χ0n) is 14.1. The number of halogens is 2. The number of fused-ring (bicyclic) bond motifs is 3. The second-order valence-electron chi connectivity index (χ2n) is 6.32. The average Bonchev–Trinajstić information content (AvgIpc) is 3.06. The Hall–Kier alpha value is -1.60. The normalized spacial score (nSPS) is 17.3. The van der Waals surface area contributed by atoms with E-state index >= 15 is 0 Å². The molecule has 27 heavy (non-hydrogen) atoms. The number of thioether (sulfide) groups is 2. The van der Waals surface area contributed by atoms with Gasteiger partial charge in [-0.3, -0.25) is 4.99 Å². The molecule has 5 rings (SSSR count). The summed E-state index contributed by atoms with van der Waals surface area (Å²) < 4.78 is 0. The highest BCUT2D eigenvalue weighted by atomic mass is 35.5. The smallest absolute Gasteiger partial charge is 0.173 e. The van der Waals surface area contributed by atoms with Crippen LogP contribution >= 0.6 is 46.7 Å². The van der Waals surface area contributed by atoms with Crippen molar-refractivity contribution in [1.82, 2.24) is 4.90 Å². The molecule has 8 heteroatoms. The minimum absolute atomic E-state index is 0.654. The van der Waals surface area contributed by atoms with Gasteiger partial charge >= 0.3 is 0 Å². The van der Waals surface area contributed by atoms with E-state index in [4.69, 9.17) is 28.2 Å². The standard InChI is InChI=1S/C19H14Cl2N4S2/c20-13-1-3-16-11(5-13)7-22-18(23-16)26-9-15-10-27-19-24-17-4-2-14(21)6-12(17)8-25(15)19/h1-6,10H,7-9H2,(H,22,23). The van der Waals surface area contributed by atoms with E-state index in [9.17, 15) is 0 Å². The Balaban J connectivity index is 1.27. The zero-order valence-corrected chi connectivity index (χ0v) is 17.2. The molecule has 0 aliphatic carbocycles. The fourth-order valence-corrected chi connectivity index (χ4v) is 5.42. The lowest BCUT2D eigenvalue weighted by Crippen LogP contribution is -2.28. The summed E-state index contributed by atoms with van der Waals surface area (Å²) in [6.07, 6.45) is 0. The van der Waals surface area contributed by atoms with Gasteiger partial charge in [0.15, 0.2) is 10.3 Å². The van der Waals surface area contributed by atoms with E-state index in [1.54, 1.807) is 23.5 Å². The molecule has 0 saturated heterocycles. The van der Waals surface area contributed by atoms with E-state index in [1.165, 1.54) is 5.70 Å². The molecule has 0 aromatic heterocycles. The summed E-state index contributed by atoms with van der Waals surface area (Å²) in [6.45, 7) is 1.46. The third kappa shape index (κ3) is 3.47. The summed E-state index contributed by atoms with van der Waals surface area (Å²) in [4.78, 5) is 11.7. The first-order chi connectivity index (χ1) is 13.2. The van der Waals surface area contributed by atoms with Crippen LogP contribution in [-0.2, 0) is 13.1 Å². The molecule has 0 fully saturated rings. The van der Waals surface area contributed by atoms with Crippen molar-refractivity contribution in [2.45, 2.75) is 13.1 Å². The summed E-state index contributed by atoms with van der Waals surface area (Å²) in [6, 6.07) is 11.7. The second-order valence-corrected chi connectivity index (χ2v) is 8.99. The van der Waals surface area contributed by atoms with Crippen LogP contribution in [0.3, 0.4) is 0 Å². The lowest BCUT2D eigenvalue weighted by molar-refractivity contribution is 0.519. The molecule has 3 aliphatic rings. The summed E-state index contributed by atoms with van der Waals surface area (Å²) in [5.74, 6) is 0.830. The Bertz CT molecular complexity index is 1030. The van der Waals surface area contributed by atoms with E-state index in [-0.39, 0.29) is 0 Å². The molecule has 3 aliphatic heterocycles. The highest BCUT2D eigenvalue weighted by molar-refractivity contribution is 8.17. The largest absolute Gasteiger partial charge is 0.335 e. The topological polar surface area (TPSA) is 40.0 Å². The van der Waals surface area contributed by atoms with Gasteiger partial charge in [-0.2, -0.15) is 0 Å². The summed E-state index contributed by atoms with van der Waals surface area (Å²) in [5.41, 5.74) is 5.61. The predicted octanol–water partition coefficient (Wildman–Crippen LogP) is 6.10. The van der Waals surface area contributed by atoms with Gasteiger partial charge in [0, 0.05) is 27.2 Å². The third-order valence-electron chi connectivity index (χ3n) is 4.52. The molecule has 0 unspecified atom stereocenters. The van der Waals surface area contributed by atoms with Gasteiger partial charge < -0.3 is 10.2 Å². The maximum atomic E-state index is 6.15. The van der Waals surface area contributed by atoms with Gasteiger partial charge in [0.2, 0.25) is 0 Å². The Morgan fingerprint density at radius 1 is 1.11 bits per heavy atom. The van der Waals surface area contributed by atoms with Crippen LogP contribution in [0.5, 0.6) is 0 Å². The average molecular weight is 433 g/mol. The Morgan fingerprint density at radius 3 is 2.81 bits per heavy atom. The quantitative estimate of drug-likeness (QED) is 0.621. The maximum Gasteiger partial charge on any atom is 0.173 e. The molecule has 0 bridgehead atoms. The molecule has 0 amide bonds. The van der Waals surface area contributed by atoms with Crippen molar-refractivity contribution < 1.29 is 0 Å². The fraction of sp³-hybridized carbons (Fsp3) is 0.158. The van der Waals surface area contributed by atoms with E-state index in [0.29, 0.717) is 6.54 Å². The molecule has 2 aromatic rings. The van der Waals surface area contributed by atoms with Crippen LogP contribution in [0.2, 0.25) is 10.0 Å². The number of nitrogens with zero attached hydrogens (tertiary/aromatic N) is 3. The van der Waals surface area contributed by atoms with E-state index in [1.807, 2.05) is 36.4 Å². The van der Waals surface area contributed by atoms with Crippen LogP contribution in [0, 0.1) is 0 Å². The first kappa shape index (κ1) is 17.5. The molecule has 3 heterocycles. The molecular weight excluding hydrogens is 419 g/mol. The second kappa shape index (κ2) is 7.09. The first-order valence-electron chi connectivity index (χ1n) is 8.39. The van der Waals surface area contributed by atoms with Crippen LogP contribution < -0.4 is 5.32 Å². The van der Waals surface area contributed by atoms with Gasteiger partial charge in [0.25, 0.3) is 0 Å². The Kier molecular flexibility index (Phi) is 4.60. The Labute approximate surface area is 175 Å². The minimum atomic E-state index is 0.654. The lowest BCUT2D eigenvalue weighted by atomic mass is 10.1. The number of benzene rings is 2. The van der Waals surface area contributed by atoms with E-state index in [2.05, 4.69) is 20.6 Å². The van der Waals surface area contributed by atoms with Crippen molar-refractivity contribution in [2.24, 2.45) is 9.98 Å². The highest BCUT2D eigenvalue weighted by Gasteiger charge is 2.28. The van der Waals surface area contributed by atoms with Crippen molar-refractivity contribution in [2.75, 3.05) is 11.1 Å². The number of hydrogen-bond acceptors (Lipinski definition) is 6.